The maximum atomic E-state index is 12.0. The third-order valence-corrected chi connectivity index (χ3v) is 5.97. The maximum Gasteiger partial charge on any atom is 0.230 e. The standard InChI is InChI=1S/C17H20N4O2S2/c1-11-5-3-4-6-13(11)9-18-15(23)10-24-17-20-19-16(25-17)21(12(2)22)14-7-8-14/h3-6,14H,7-10H2,1-2H3,(H,18,23). The first-order valence-corrected chi connectivity index (χ1v) is 9.92. The number of benzene rings is 1. The Morgan fingerprint density at radius 2 is 2.08 bits per heavy atom. The molecule has 1 aromatic heterocycles. The van der Waals surface area contributed by atoms with Crippen molar-refractivity contribution in [3.8, 4) is 0 Å². The van der Waals surface area contributed by atoms with Crippen LogP contribution in [0.15, 0.2) is 28.6 Å². The van der Waals surface area contributed by atoms with Gasteiger partial charge in [-0.25, -0.2) is 0 Å². The molecule has 1 fully saturated rings. The topological polar surface area (TPSA) is 75.2 Å². The molecule has 6 nitrogen and oxygen atoms in total. The first-order chi connectivity index (χ1) is 12.0. The zero-order chi connectivity index (χ0) is 17.8. The van der Waals surface area contributed by atoms with Gasteiger partial charge in [-0.2, -0.15) is 0 Å². The minimum atomic E-state index is -0.0457. The fraction of sp³-hybridized carbons (Fsp3) is 0.412. The molecule has 0 saturated heterocycles. The van der Waals surface area contributed by atoms with Crippen LogP contribution in [0.1, 0.15) is 30.9 Å². The van der Waals surface area contributed by atoms with Crippen LogP contribution in [0.5, 0.6) is 0 Å². The van der Waals surface area contributed by atoms with E-state index in [1.807, 2.05) is 31.2 Å². The maximum absolute atomic E-state index is 12.0. The summed E-state index contributed by atoms with van der Waals surface area (Å²) in [7, 11) is 0. The molecular formula is C17H20N4O2S2. The van der Waals surface area contributed by atoms with Crippen molar-refractivity contribution in [2.45, 2.75) is 43.6 Å². The molecule has 0 unspecified atom stereocenters. The first kappa shape index (κ1) is 17.9. The SMILES string of the molecule is CC(=O)N(c1nnc(SCC(=O)NCc2ccccc2C)s1)C1CC1. The van der Waals surface area contributed by atoms with Crippen molar-refractivity contribution in [1.82, 2.24) is 15.5 Å². The van der Waals surface area contributed by atoms with Crippen molar-refractivity contribution in [2.75, 3.05) is 10.7 Å². The summed E-state index contributed by atoms with van der Waals surface area (Å²) in [6.45, 7) is 4.10. The van der Waals surface area contributed by atoms with Gasteiger partial charge in [-0.1, -0.05) is 47.4 Å². The Kier molecular flexibility index (Phi) is 5.70. The number of nitrogens with one attached hydrogen (secondary N) is 1. The number of anilines is 1. The second kappa shape index (κ2) is 7.97. The van der Waals surface area contributed by atoms with Crippen LogP contribution in [-0.4, -0.2) is 33.8 Å². The van der Waals surface area contributed by atoms with Gasteiger partial charge in [0.15, 0.2) is 4.34 Å². The molecule has 3 rings (SSSR count). The number of aromatic nitrogens is 2. The molecule has 2 aromatic rings. The summed E-state index contributed by atoms with van der Waals surface area (Å²) in [6.07, 6.45) is 2.03. The summed E-state index contributed by atoms with van der Waals surface area (Å²) in [5.74, 6) is 0.228. The Balaban J connectivity index is 1.49. The second-order valence-electron chi connectivity index (χ2n) is 5.96. The Labute approximate surface area is 155 Å². The van der Waals surface area contributed by atoms with E-state index in [2.05, 4.69) is 15.5 Å². The van der Waals surface area contributed by atoms with Crippen LogP contribution < -0.4 is 10.2 Å². The number of rotatable bonds is 7. The molecule has 1 heterocycles. The minimum absolute atomic E-state index is 0.00817. The van der Waals surface area contributed by atoms with E-state index in [9.17, 15) is 9.59 Å². The highest BCUT2D eigenvalue weighted by Gasteiger charge is 2.34. The molecule has 8 heteroatoms. The van der Waals surface area contributed by atoms with E-state index >= 15 is 0 Å². The van der Waals surface area contributed by atoms with Crippen LogP contribution in [0.2, 0.25) is 0 Å². The third-order valence-electron chi connectivity index (χ3n) is 3.92. The van der Waals surface area contributed by atoms with Crippen LogP contribution in [-0.2, 0) is 16.1 Å². The number of hydrogen-bond donors (Lipinski definition) is 1. The summed E-state index contributed by atoms with van der Waals surface area (Å²) in [5.41, 5.74) is 2.27. The lowest BCUT2D eigenvalue weighted by Gasteiger charge is -2.15. The number of carbonyl (C=O) groups is 2. The molecule has 0 spiro atoms. The normalized spacial score (nSPS) is 13.5. The van der Waals surface area contributed by atoms with Gasteiger partial charge in [0.2, 0.25) is 16.9 Å². The monoisotopic (exact) mass is 376 g/mol. The molecular weight excluding hydrogens is 356 g/mol. The lowest BCUT2D eigenvalue weighted by Crippen LogP contribution is -2.30. The summed E-state index contributed by atoms with van der Waals surface area (Å²) in [4.78, 5) is 25.5. The van der Waals surface area contributed by atoms with E-state index in [1.54, 1.807) is 11.8 Å². The summed E-state index contributed by atoms with van der Waals surface area (Å²) in [5, 5.41) is 11.7. The van der Waals surface area contributed by atoms with E-state index in [-0.39, 0.29) is 23.6 Å². The summed E-state index contributed by atoms with van der Waals surface area (Å²) >= 11 is 2.71. The van der Waals surface area contributed by atoms with Gasteiger partial charge in [0.1, 0.15) is 0 Å². The van der Waals surface area contributed by atoms with Crippen LogP contribution in [0.4, 0.5) is 5.13 Å². The van der Waals surface area contributed by atoms with Crippen molar-refractivity contribution in [3.63, 3.8) is 0 Å². The largest absolute Gasteiger partial charge is 0.351 e. The van der Waals surface area contributed by atoms with E-state index in [4.69, 9.17) is 0 Å². The quantitative estimate of drug-likeness (QED) is 0.594. The number of amides is 2. The van der Waals surface area contributed by atoms with Crippen LogP contribution in [0.25, 0.3) is 0 Å². The minimum Gasteiger partial charge on any atom is -0.351 e. The Morgan fingerprint density at radius 3 is 2.76 bits per heavy atom. The summed E-state index contributed by atoms with van der Waals surface area (Å²) < 4.78 is 0.702. The molecule has 0 bridgehead atoms. The molecule has 25 heavy (non-hydrogen) atoms. The van der Waals surface area contributed by atoms with Gasteiger partial charge in [0.05, 0.1) is 5.75 Å². The van der Waals surface area contributed by atoms with Crippen molar-refractivity contribution in [1.29, 1.82) is 0 Å². The lowest BCUT2D eigenvalue weighted by atomic mass is 10.1. The molecule has 1 aliphatic rings. The molecule has 2 amide bonds. The highest BCUT2D eigenvalue weighted by Crippen LogP contribution is 2.35. The smallest absolute Gasteiger partial charge is 0.230 e. The molecule has 0 radical (unpaired) electrons. The highest BCUT2D eigenvalue weighted by atomic mass is 32.2. The number of nitrogens with zero attached hydrogens (tertiary/aromatic N) is 3. The van der Waals surface area contributed by atoms with E-state index in [0.29, 0.717) is 16.0 Å². The van der Waals surface area contributed by atoms with E-state index in [1.165, 1.54) is 23.1 Å². The van der Waals surface area contributed by atoms with Gasteiger partial charge in [0.25, 0.3) is 0 Å². The fourth-order valence-electron chi connectivity index (χ4n) is 2.42. The van der Waals surface area contributed by atoms with E-state index in [0.717, 1.165) is 24.0 Å². The predicted molar refractivity (Wildman–Crippen MR) is 99.8 cm³/mol. The van der Waals surface area contributed by atoms with Gasteiger partial charge in [0, 0.05) is 19.5 Å². The number of aryl methyl sites for hydroxylation is 1. The number of thioether (sulfide) groups is 1. The average molecular weight is 377 g/mol. The zero-order valence-corrected chi connectivity index (χ0v) is 15.8. The lowest BCUT2D eigenvalue weighted by molar-refractivity contribution is -0.119. The predicted octanol–water partition coefficient (Wildman–Crippen LogP) is 2.77. The molecule has 1 saturated carbocycles. The van der Waals surface area contributed by atoms with Crippen LogP contribution in [0.3, 0.4) is 0 Å². The Morgan fingerprint density at radius 1 is 1.32 bits per heavy atom. The van der Waals surface area contributed by atoms with E-state index < -0.39 is 0 Å². The fourth-order valence-corrected chi connectivity index (χ4v) is 4.21. The van der Waals surface area contributed by atoms with Crippen molar-refractivity contribution in [3.05, 3.63) is 35.4 Å². The van der Waals surface area contributed by atoms with Gasteiger partial charge >= 0.3 is 0 Å². The number of carbonyl (C=O) groups excluding carboxylic acids is 2. The van der Waals surface area contributed by atoms with Crippen LogP contribution >= 0.6 is 23.1 Å². The van der Waals surface area contributed by atoms with Gasteiger partial charge < -0.3 is 5.32 Å². The van der Waals surface area contributed by atoms with Gasteiger partial charge in [-0.15, -0.1) is 10.2 Å². The van der Waals surface area contributed by atoms with Crippen LogP contribution in [0, 0.1) is 6.92 Å². The van der Waals surface area contributed by atoms with Crippen molar-refractivity contribution in [2.24, 2.45) is 0 Å². The molecule has 1 aliphatic carbocycles. The average Bonchev–Trinajstić information content (AvgIpc) is 3.30. The van der Waals surface area contributed by atoms with Gasteiger partial charge in [-0.3, -0.25) is 14.5 Å². The second-order valence-corrected chi connectivity index (χ2v) is 8.14. The molecule has 132 valence electrons. The first-order valence-electron chi connectivity index (χ1n) is 8.12. The molecule has 1 N–H and O–H groups in total. The van der Waals surface area contributed by atoms with Crippen molar-refractivity contribution >= 4 is 40.0 Å². The zero-order valence-electron chi connectivity index (χ0n) is 14.2. The molecule has 0 atom stereocenters. The third kappa shape index (κ3) is 4.79. The Hall–Kier alpha value is -1.93. The Bertz CT molecular complexity index is 774. The number of hydrogen-bond acceptors (Lipinski definition) is 6. The summed E-state index contributed by atoms with van der Waals surface area (Å²) in [6, 6.07) is 8.25. The highest BCUT2D eigenvalue weighted by molar-refractivity contribution is 8.01. The molecule has 0 aliphatic heterocycles. The van der Waals surface area contributed by atoms with Crippen molar-refractivity contribution < 1.29 is 9.59 Å². The molecule has 1 aromatic carbocycles. The van der Waals surface area contributed by atoms with Gasteiger partial charge in [-0.05, 0) is 30.9 Å².